The van der Waals surface area contributed by atoms with Crippen LogP contribution in [0.5, 0.6) is 0 Å². The number of amides is 1. The third kappa shape index (κ3) is 4.21. The minimum atomic E-state index is -1.42. The SMILES string of the molecule is CC[C@H](NC(=O)c1c(S(C)=O)c(-c2ccccc2)nc2c(C)cccc12)c1ccccc1. The molecule has 0 aliphatic rings. The molecule has 0 aliphatic heterocycles. The molecule has 0 saturated carbocycles. The first-order chi connectivity index (χ1) is 15.5. The van der Waals surface area contributed by atoms with E-state index in [1.54, 1.807) is 6.26 Å². The summed E-state index contributed by atoms with van der Waals surface area (Å²) >= 11 is 0. The van der Waals surface area contributed by atoms with Gasteiger partial charge in [-0.05, 0) is 24.5 Å². The van der Waals surface area contributed by atoms with E-state index >= 15 is 0 Å². The van der Waals surface area contributed by atoms with Crippen molar-refractivity contribution in [1.29, 1.82) is 0 Å². The van der Waals surface area contributed by atoms with E-state index in [0.29, 0.717) is 16.2 Å². The summed E-state index contributed by atoms with van der Waals surface area (Å²) in [6.07, 6.45) is 2.35. The number of carbonyl (C=O) groups is 1. The minimum absolute atomic E-state index is 0.143. The predicted octanol–water partition coefficient (Wildman–Crippen LogP) is 5.83. The molecule has 1 amide bonds. The molecule has 3 aromatic carbocycles. The van der Waals surface area contributed by atoms with Crippen molar-refractivity contribution >= 4 is 27.6 Å². The van der Waals surface area contributed by atoms with Gasteiger partial charge in [-0.3, -0.25) is 9.00 Å². The Balaban J connectivity index is 1.94. The maximum atomic E-state index is 13.7. The van der Waals surface area contributed by atoms with Gasteiger partial charge < -0.3 is 5.32 Å². The van der Waals surface area contributed by atoms with Gasteiger partial charge in [0.15, 0.2) is 0 Å². The van der Waals surface area contributed by atoms with Crippen LogP contribution in [0.4, 0.5) is 0 Å². The van der Waals surface area contributed by atoms with Gasteiger partial charge in [-0.1, -0.05) is 85.8 Å². The number of hydrogen-bond donors (Lipinski definition) is 1. The van der Waals surface area contributed by atoms with Crippen molar-refractivity contribution in [3.8, 4) is 11.3 Å². The number of fused-ring (bicyclic) bond motifs is 1. The number of para-hydroxylation sites is 1. The van der Waals surface area contributed by atoms with Crippen molar-refractivity contribution in [2.75, 3.05) is 6.26 Å². The molecule has 4 nitrogen and oxygen atoms in total. The molecule has 0 fully saturated rings. The van der Waals surface area contributed by atoms with Gasteiger partial charge in [0.2, 0.25) is 0 Å². The number of nitrogens with zero attached hydrogens (tertiary/aromatic N) is 1. The van der Waals surface area contributed by atoms with Gasteiger partial charge in [0.1, 0.15) is 0 Å². The Kier molecular flexibility index (Phi) is 6.47. The number of hydrogen-bond acceptors (Lipinski definition) is 3. The molecule has 1 aromatic heterocycles. The highest BCUT2D eigenvalue weighted by atomic mass is 32.2. The maximum Gasteiger partial charge on any atom is 0.253 e. The first-order valence-corrected chi connectivity index (χ1v) is 12.2. The molecule has 1 heterocycles. The molecule has 4 rings (SSSR count). The lowest BCUT2D eigenvalue weighted by atomic mass is 9.99. The molecule has 0 radical (unpaired) electrons. The van der Waals surface area contributed by atoms with E-state index in [1.807, 2.05) is 92.7 Å². The molecule has 4 aromatic rings. The Bertz CT molecular complexity index is 1290. The lowest BCUT2D eigenvalue weighted by molar-refractivity contribution is 0.0934. The van der Waals surface area contributed by atoms with E-state index in [0.717, 1.165) is 34.0 Å². The number of pyridine rings is 1. The second-order valence-corrected chi connectivity index (χ2v) is 9.12. The highest BCUT2D eigenvalue weighted by Gasteiger charge is 2.26. The van der Waals surface area contributed by atoms with Crippen LogP contribution in [0, 0.1) is 6.92 Å². The van der Waals surface area contributed by atoms with Crippen molar-refractivity contribution < 1.29 is 9.00 Å². The average Bonchev–Trinajstić information content (AvgIpc) is 2.82. The smallest absolute Gasteiger partial charge is 0.253 e. The van der Waals surface area contributed by atoms with Crippen molar-refractivity contribution in [2.45, 2.75) is 31.2 Å². The van der Waals surface area contributed by atoms with Crippen LogP contribution < -0.4 is 5.32 Å². The van der Waals surface area contributed by atoms with Gasteiger partial charge in [0.05, 0.1) is 38.5 Å². The maximum absolute atomic E-state index is 13.7. The topological polar surface area (TPSA) is 59.1 Å². The van der Waals surface area contributed by atoms with E-state index in [-0.39, 0.29) is 11.9 Å². The standard InChI is InChI=1S/C27H26N2O2S/c1-4-22(19-13-7-5-8-14-19)28-27(30)23-21-17-11-12-18(2)24(21)29-25(26(23)32(3)31)20-15-9-6-10-16-20/h5-17,22H,4H2,1-3H3,(H,28,30)/t22-,32?/m0/s1. The van der Waals surface area contributed by atoms with Crippen molar-refractivity contribution in [3.05, 3.63) is 95.6 Å². The van der Waals surface area contributed by atoms with Crippen LogP contribution >= 0.6 is 0 Å². The second kappa shape index (κ2) is 9.45. The summed E-state index contributed by atoms with van der Waals surface area (Å²) in [7, 11) is -1.42. The third-order valence-electron chi connectivity index (χ3n) is 5.65. The van der Waals surface area contributed by atoms with E-state index in [9.17, 15) is 9.00 Å². The van der Waals surface area contributed by atoms with E-state index in [2.05, 4.69) is 5.32 Å². The molecular formula is C27H26N2O2S. The summed E-state index contributed by atoms with van der Waals surface area (Å²) in [5, 5.41) is 3.90. The summed E-state index contributed by atoms with van der Waals surface area (Å²) in [4.78, 5) is 19.1. The van der Waals surface area contributed by atoms with Gasteiger partial charge in [0.25, 0.3) is 5.91 Å². The van der Waals surface area contributed by atoms with Gasteiger partial charge in [0, 0.05) is 17.2 Å². The Hall–Kier alpha value is -3.31. The number of aryl methyl sites for hydroxylation is 1. The number of rotatable bonds is 6. The van der Waals surface area contributed by atoms with E-state index < -0.39 is 10.8 Å². The van der Waals surface area contributed by atoms with Crippen molar-refractivity contribution in [1.82, 2.24) is 10.3 Å². The van der Waals surface area contributed by atoms with Gasteiger partial charge in [-0.15, -0.1) is 0 Å². The summed E-state index contributed by atoms with van der Waals surface area (Å²) in [6, 6.07) is 25.2. The predicted molar refractivity (Wildman–Crippen MR) is 131 cm³/mol. The fraction of sp³-hybridized carbons (Fsp3) is 0.185. The Morgan fingerprint density at radius 3 is 2.25 bits per heavy atom. The van der Waals surface area contributed by atoms with Crippen LogP contribution in [0.3, 0.4) is 0 Å². The highest BCUT2D eigenvalue weighted by Crippen LogP contribution is 2.34. The molecule has 1 unspecified atom stereocenters. The fourth-order valence-electron chi connectivity index (χ4n) is 4.05. The Morgan fingerprint density at radius 1 is 0.969 bits per heavy atom. The van der Waals surface area contributed by atoms with Gasteiger partial charge in [-0.2, -0.15) is 0 Å². The molecule has 1 N–H and O–H groups in total. The van der Waals surface area contributed by atoms with Crippen LogP contribution in [0.1, 0.15) is 40.9 Å². The Morgan fingerprint density at radius 2 is 1.62 bits per heavy atom. The lowest BCUT2D eigenvalue weighted by Gasteiger charge is -2.21. The number of benzene rings is 3. The zero-order chi connectivity index (χ0) is 22.7. The lowest BCUT2D eigenvalue weighted by Crippen LogP contribution is -2.29. The molecule has 0 aliphatic carbocycles. The van der Waals surface area contributed by atoms with Crippen LogP contribution in [-0.4, -0.2) is 21.4 Å². The summed E-state index contributed by atoms with van der Waals surface area (Å²) in [5.74, 6) is -0.235. The quantitative estimate of drug-likeness (QED) is 0.409. The fourth-order valence-corrected chi connectivity index (χ4v) is 4.97. The Labute approximate surface area is 191 Å². The molecule has 0 saturated heterocycles. The normalized spacial score (nSPS) is 13.0. The first kappa shape index (κ1) is 21.9. The second-order valence-electron chi connectivity index (χ2n) is 7.80. The zero-order valence-corrected chi connectivity index (χ0v) is 19.3. The summed E-state index contributed by atoms with van der Waals surface area (Å²) in [5.41, 5.74) is 4.63. The number of nitrogens with one attached hydrogen (secondary N) is 1. The molecule has 5 heteroatoms. The minimum Gasteiger partial charge on any atom is -0.345 e. The van der Waals surface area contributed by atoms with Gasteiger partial charge in [-0.25, -0.2) is 4.98 Å². The van der Waals surface area contributed by atoms with Gasteiger partial charge >= 0.3 is 0 Å². The largest absolute Gasteiger partial charge is 0.345 e. The van der Waals surface area contributed by atoms with Crippen LogP contribution in [0.25, 0.3) is 22.2 Å². The number of carbonyl (C=O) groups excluding carboxylic acids is 1. The third-order valence-corrected chi connectivity index (χ3v) is 6.62. The summed E-state index contributed by atoms with van der Waals surface area (Å²) < 4.78 is 13.0. The van der Waals surface area contributed by atoms with E-state index in [1.165, 1.54) is 0 Å². The number of aromatic nitrogens is 1. The molecule has 0 spiro atoms. The average molecular weight is 443 g/mol. The molecule has 0 bridgehead atoms. The molecule has 162 valence electrons. The van der Waals surface area contributed by atoms with Crippen molar-refractivity contribution in [2.24, 2.45) is 0 Å². The monoisotopic (exact) mass is 442 g/mol. The van der Waals surface area contributed by atoms with E-state index in [4.69, 9.17) is 4.98 Å². The van der Waals surface area contributed by atoms with Crippen LogP contribution in [0.2, 0.25) is 0 Å². The zero-order valence-electron chi connectivity index (χ0n) is 18.5. The molecule has 2 atom stereocenters. The highest BCUT2D eigenvalue weighted by molar-refractivity contribution is 7.84. The van der Waals surface area contributed by atoms with Crippen LogP contribution in [-0.2, 0) is 10.8 Å². The van der Waals surface area contributed by atoms with Crippen LogP contribution in [0.15, 0.2) is 83.8 Å². The van der Waals surface area contributed by atoms with Crippen molar-refractivity contribution in [3.63, 3.8) is 0 Å². The molecule has 32 heavy (non-hydrogen) atoms. The first-order valence-electron chi connectivity index (χ1n) is 10.7. The summed E-state index contributed by atoms with van der Waals surface area (Å²) in [6.45, 7) is 4.02. The molecular weight excluding hydrogens is 416 g/mol.